The third-order valence-electron chi connectivity index (χ3n) is 2.92. The zero-order valence-corrected chi connectivity index (χ0v) is 12.1. The molecule has 5 nitrogen and oxygen atoms in total. The smallest absolute Gasteiger partial charge is 0.234 e. The van der Waals surface area contributed by atoms with Crippen LogP contribution in [0.2, 0.25) is 0 Å². The maximum absolute atomic E-state index is 11.3. The molecule has 0 aromatic heterocycles. The fourth-order valence-corrected chi connectivity index (χ4v) is 1.80. The predicted octanol–water partition coefficient (Wildman–Crippen LogP) is 1.43. The van der Waals surface area contributed by atoms with Gasteiger partial charge in [-0.1, -0.05) is 13.8 Å². The Morgan fingerprint density at radius 3 is 2.40 bits per heavy atom. The van der Waals surface area contributed by atoms with Crippen molar-refractivity contribution in [2.75, 3.05) is 6.61 Å². The van der Waals surface area contributed by atoms with Gasteiger partial charge < -0.3 is 10.5 Å². The van der Waals surface area contributed by atoms with Crippen LogP contribution in [-0.2, 0) is 4.79 Å². The van der Waals surface area contributed by atoms with E-state index in [2.05, 4.69) is 11.4 Å². The molecule has 0 aliphatic rings. The van der Waals surface area contributed by atoms with Crippen molar-refractivity contribution in [2.45, 2.75) is 32.9 Å². The molecule has 20 heavy (non-hydrogen) atoms. The summed E-state index contributed by atoms with van der Waals surface area (Å²) in [5.41, 5.74) is 5.95. The summed E-state index contributed by atoms with van der Waals surface area (Å²) in [7, 11) is 0. The molecule has 5 heteroatoms. The average Bonchev–Trinajstić information content (AvgIpc) is 2.42. The second kappa shape index (κ2) is 7.51. The monoisotopic (exact) mass is 275 g/mol. The van der Waals surface area contributed by atoms with Crippen LogP contribution in [0.25, 0.3) is 0 Å². The van der Waals surface area contributed by atoms with E-state index in [1.54, 1.807) is 24.3 Å². The van der Waals surface area contributed by atoms with Crippen molar-refractivity contribution in [1.82, 2.24) is 5.32 Å². The molecule has 1 aromatic rings. The topological polar surface area (TPSA) is 88.1 Å². The summed E-state index contributed by atoms with van der Waals surface area (Å²) >= 11 is 0. The first-order valence-electron chi connectivity index (χ1n) is 6.62. The van der Waals surface area contributed by atoms with Gasteiger partial charge in [0.1, 0.15) is 12.4 Å². The molecule has 0 aliphatic carbocycles. The fraction of sp³-hybridized carbons (Fsp3) is 0.467. The fourth-order valence-electron chi connectivity index (χ4n) is 1.80. The van der Waals surface area contributed by atoms with E-state index in [4.69, 9.17) is 15.7 Å². The molecule has 1 amide bonds. The third kappa shape index (κ3) is 4.90. The van der Waals surface area contributed by atoms with E-state index in [1.165, 1.54) is 0 Å². The molecule has 0 saturated heterocycles. The van der Waals surface area contributed by atoms with Gasteiger partial charge in [-0.05, 0) is 37.1 Å². The average molecular weight is 275 g/mol. The highest BCUT2D eigenvalue weighted by Gasteiger charge is 2.21. The number of nitriles is 1. The molecule has 0 bridgehead atoms. The van der Waals surface area contributed by atoms with Gasteiger partial charge in [-0.15, -0.1) is 0 Å². The lowest BCUT2D eigenvalue weighted by Gasteiger charge is -2.23. The third-order valence-corrected chi connectivity index (χ3v) is 2.92. The zero-order valence-electron chi connectivity index (χ0n) is 12.1. The summed E-state index contributed by atoms with van der Waals surface area (Å²) in [5, 5.41) is 11.9. The first-order valence-corrected chi connectivity index (χ1v) is 6.62. The van der Waals surface area contributed by atoms with E-state index in [1.807, 2.05) is 20.8 Å². The Kier molecular flexibility index (Phi) is 6.01. The van der Waals surface area contributed by atoms with Gasteiger partial charge in [0, 0.05) is 6.04 Å². The largest absolute Gasteiger partial charge is 0.492 e. The van der Waals surface area contributed by atoms with Crippen molar-refractivity contribution in [2.24, 2.45) is 11.7 Å². The van der Waals surface area contributed by atoms with Crippen molar-refractivity contribution >= 4 is 5.91 Å². The number of hydrogen-bond donors (Lipinski definition) is 2. The van der Waals surface area contributed by atoms with Gasteiger partial charge in [-0.25, -0.2) is 0 Å². The molecule has 0 radical (unpaired) electrons. The molecule has 3 N–H and O–H groups in total. The number of carbonyl (C=O) groups excluding carboxylic acids is 1. The number of primary amides is 1. The van der Waals surface area contributed by atoms with E-state index < -0.39 is 0 Å². The lowest BCUT2D eigenvalue weighted by Crippen LogP contribution is -2.50. The Labute approximate surface area is 119 Å². The Morgan fingerprint density at radius 2 is 1.95 bits per heavy atom. The van der Waals surface area contributed by atoms with Crippen LogP contribution in [0.15, 0.2) is 24.3 Å². The summed E-state index contributed by atoms with van der Waals surface area (Å²) in [6.45, 7) is 6.23. The van der Waals surface area contributed by atoms with Crippen LogP contribution >= 0.6 is 0 Å². The number of nitrogens with two attached hydrogens (primary N) is 1. The Hall–Kier alpha value is -2.06. The molecular formula is C15H21N3O2. The number of nitrogens with one attached hydrogen (secondary N) is 1. The molecule has 1 unspecified atom stereocenters. The summed E-state index contributed by atoms with van der Waals surface area (Å²) in [6.07, 6.45) is 0. The van der Waals surface area contributed by atoms with E-state index in [0.29, 0.717) is 17.9 Å². The van der Waals surface area contributed by atoms with Crippen molar-refractivity contribution in [3.63, 3.8) is 0 Å². The Balaban J connectivity index is 2.48. The molecule has 108 valence electrons. The van der Waals surface area contributed by atoms with Gasteiger partial charge in [-0.2, -0.15) is 5.26 Å². The molecule has 1 aromatic carbocycles. The van der Waals surface area contributed by atoms with Crippen molar-refractivity contribution in [1.29, 1.82) is 5.26 Å². The highest BCUT2D eigenvalue weighted by molar-refractivity contribution is 5.80. The van der Waals surface area contributed by atoms with Gasteiger partial charge in [-0.3, -0.25) is 10.1 Å². The molecule has 2 atom stereocenters. The van der Waals surface area contributed by atoms with Crippen LogP contribution in [0, 0.1) is 17.2 Å². The first kappa shape index (κ1) is 16.0. The van der Waals surface area contributed by atoms with Crippen LogP contribution in [0.3, 0.4) is 0 Å². The van der Waals surface area contributed by atoms with Gasteiger partial charge in [0.2, 0.25) is 5.91 Å². The number of carbonyl (C=O) groups is 1. The number of benzene rings is 1. The Morgan fingerprint density at radius 1 is 1.35 bits per heavy atom. The number of nitrogens with zero attached hydrogens (tertiary/aromatic N) is 1. The quantitative estimate of drug-likeness (QED) is 0.787. The second-order valence-corrected chi connectivity index (χ2v) is 5.14. The summed E-state index contributed by atoms with van der Waals surface area (Å²) in [4.78, 5) is 11.3. The van der Waals surface area contributed by atoms with Crippen LogP contribution in [0.4, 0.5) is 0 Å². The van der Waals surface area contributed by atoms with Crippen LogP contribution in [0.1, 0.15) is 26.3 Å². The first-order chi connectivity index (χ1) is 9.43. The highest BCUT2D eigenvalue weighted by atomic mass is 16.5. The summed E-state index contributed by atoms with van der Waals surface area (Å²) < 4.78 is 5.60. The maximum atomic E-state index is 11.3. The van der Waals surface area contributed by atoms with E-state index in [9.17, 15) is 4.79 Å². The van der Waals surface area contributed by atoms with Gasteiger partial charge >= 0.3 is 0 Å². The summed E-state index contributed by atoms with van der Waals surface area (Å²) in [5.74, 6) is 0.466. The van der Waals surface area contributed by atoms with E-state index in [0.717, 1.165) is 0 Å². The number of ether oxygens (including phenoxy) is 1. The standard InChI is InChI=1S/C15H21N3O2/c1-10(2)14(15(17)19)18-11(3)9-20-13-6-4-12(8-16)5-7-13/h4-7,10-11,14,18H,9H2,1-3H3,(H2,17,19)/t11?,14-/m0/s1. The van der Waals surface area contributed by atoms with Gasteiger partial charge in [0.05, 0.1) is 17.7 Å². The normalized spacial score (nSPS) is 13.6. The minimum atomic E-state index is -0.366. The van der Waals surface area contributed by atoms with E-state index >= 15 is 0 Å². The minimum absolute atomic E-state index is 0.00876. The van der Waals surface area contributed by atoms with E-state index in [-0.39, 0.29) is 23.9 Å². The van der Waals surface area contributed by atoms with Gasteiger partial charge in [0.15, 0.2) is 0 Å². The van der Waals surface area contributed by atoms with Crippen LogP contribution < -0.4 is 15.8 Å². The second-order valence-electron chi connectivity index (χ2n) is 5.14. The van der Waals surface area contributed by atoms with Gasteiger partial charge in [0.25, 0.3) is 0 Å². The summed E-state index contributed by atoms with van der Waals surface area (Å²) in [6, 6.07) is 8.58. The molecule has 0 aliphatic heterocycles. The molecule has 0 spiro atoms. The molecular weight excluding hydrogens is 254 g/mol. The lowest BCUT2D eigenvalue weighted by atomic mass is 10.0. The van der Waals surface area contributed by atoms with Crippen molar-refractivity contribution < 1.29 is 9.53 Å². The maximum Gasteiger partial charge on any atom is 0.234 e. The molecule has 0 heterocycles. The lowest BCUT2D eigenvalue weighted by molar-refractivity contribution is -0.121. The molecule has 0 saturated carbocycles. The van der Waals surface area contributed by atoms with Crippen LogP contribution in [-0.4, -0.2) is 24.6 Å². The number of rotatable bonds is 7. The molecule has 1 rings (SSSR count). The van der Waals surface area contributed by atoms with Crippen molar-refractivity contribution in [3.05, 3.63) is 29.8 Å². The SMILES string of the molecule is CC(COc1ccc(C#N)cc1)N[C@H](C(N)=O)C(C)C. The van der Waals surface area contributed by atoms with Crippen LogP contribution in [0.5, 0.6) is 5.75 Å². The Bertz CT molecular complexity index is 477. The predicted molar refractivity (Wildman–Crippen MR) is 77.1 cm³/mol. The zero-order chi connectivity index (χ0) is 15.1. The highest BCUT2D eigenvalue weighted by Crippen LogP contribution is 2.12. The minimum Gasteiger partial charge on any atom is -0.492 e. The van der Waals surface area contributed by atoms with Crippen molar-refractivity contribution in [3.8, 4) is 11.8 Å². The number of amides is 1. The number of hydrogen-bond acceptors (Lipinski definition) is 4. The molecule has 0 fully saturated rings.